The van der Waals surface area contributed by atoms with Crippen molar-refractivity contribution in [2.24, 2.45) is 17.8 Å². The molecule has 0 saturated heterocycles. The van der Waals surface area contributed by atoms with Crippen LogP contribution in [0.25, 0.3) is 0 Å². The third-order valence-electron chi connectivity index (χ3n) is 4.67. The van der Waals surface area contributed by atoms with E-state index in [0.29, 0.717) is 11.8 Å². The summed E-state index contributed by atoms with van der Waals surface area (Å²) in [4.78, 5) is 22.6. The first-order valence-corrected chi connectivity index (χ1v) is 7.98. The Morgan fingerprint density at radius 3 is 0.952 bits per heavy atom. The summed E-state index contributed by atoms with van der Waals surface area (Å²) >= 11 is 0. The molecule has 0 aromatic heterocycles. The summed E-state index contributed by atoms with van der Waals surface area (Å²) in [6, 6.07) is 0. The van der Waals surface area contributed by atoms with Crippen molar-refractivity contribution in [1.29, 1.82) is 0 Å². The van der Waals surface area contributed by atoms with Crippen molar-refractivity contribution in [3.05, 3.63) is 0 Å². The number of hydrogen-bond donors (Lipinski definition) is 0. The Hall–Kier alpha value is -0.160. The van der Waals surface area contributed by atoms with Crippen LogP contribution in [0.5, 0.6) is 0 Å². The van der Waals surface area contributed by atoms with E-state index in [9.17, 15) is 0 Å². The highest BCUT2D eigenvalue weighted by Gasteiger charge is 2.39. The van der Waals surface area contributed by atoms with Gasteiger partial charge in [-0.2, -0.15) is 9.78 Å². The monoisotopic (exact) mass is 304 g/mol. The summed E-state index contributed by atoms with van der Waals surface area (Å²) in [7, 11) is 0. The zero-order valence-corrected chi connectivity index (χ0v) is 15.9. The van der Waals surface area contributed by atoms with Gasteiger partial charge in [0, 0.05) is 5.92 Å². The molecular formula is C17H36O4. The predicted octanol–water partition coefficient (Wildman–Crippen LogP) is 5.12. The summed E-state index contributed by atoms with van der Waals surface area (Å²) in [6.07, 6.45) is 0. The van der Waals surface area contributed by atoms with Gasteiger partial charge in [-0.05, 0) is 46.5 Å². The summed E-state index contributed by atoms with van der Waals surface area (Å²) < 4.78 is 0. The third kappa shape index (κ3) is 6.23. The molecule has 0 aliphatic carbocycles. The molecule has 0 radical (unpaired) electrons. The first-order valence-electron chi connectivity index (χ1n) is 7.98. The van der Waals surface area contributed by atoms with Crippen molar-refractivity contribution in [2.75, 3.05) is 0 Å². The SMILES string of the molecule is CC(C)C(C)(C)OOC(C)(OOC(C)(C)C(C)C)C(C)C. The van der Waals surface area contributed by atoms with E-state index in [4.69, 9.17) is 19.6 Å². The van der Waals surface area contributed by atoms with Crippen LogP contribution in [0.15, 0.2) is 0 Å². The molecule has 0 heterocycles. The average molecular weight is 304 g/mol. The summed E-state index contributed by atoms with van der Waals surface area (Å²) in [5.41, 5.74) is -0.792. The molecule has 0 bridgehead atoms. The largest absolute Gasteiger partial charge is 0.233 e. The Balaban J connectivity index is 4.80. The molecule has 0 atom stereocenters. The van der Waals surface area contributed by atoms with Crippen molar-refractivity contribution >= 4 is 0 Å². The van der Waals surface area contributed by atoms with Gasteiger partial charge in [-0.25, -0.2) is 9.78 Å². The van der Waals surface area contributed by atoms with Crippen LogP contribution in [-0.2, 0) is 19.6 Å². The molecule has 0 aromatic carbocycles. The van der Waals surface area contributed by atoms with E-state index in [1.165, 1.54) is 0 Å². The first kappa shape index (κ1) is 20.8. The Labute approximate surface area is 131 Å². The average Bonchev–Trinajstić information content (AvgIpc) is 2.33. The quantitative estimate of drug-likeness (QED) is 0.336. The van der Waals surface area contributed by atoms with Crippen molar-refractivity contribution in [3.63, 3.8) is 0 Å². The van der Waals surface area contributed by atoms with Gasteiger partial charge < -0.3 is 0 Å². The fourth-order valence-electron chi connectivity index (χ4n) is 0.779. The molecule has 0 N–H and O–H groups in total. The smallest absolute Gasteiger partial charge is 0.227 e. The van der Waals surface area contributed by atoms with Crippen LogP contribution in [0.4, 0.5) is 0 Å². The van der Waals surface area contributed by atoms with Crippen molar-refractivity contribution in [3.8, 4) is 0 Å². The molecular weight excluding hydrogens is 268 g/mol. The van der Waals surface area contributed by atoms with Crippen LogP contribution < -0.4 is 0 Å². The Morgan fingerprint density at radius 2 is 0.762 bits per heavy atom. The van der Waals surface area contributed by atoms with Gasteiger partial charge in [-0.15, -0.1) is 0 Å². The van der Waals surface area contributed by atoms with Crippen LogP contribution in [0.2, 0.25) is 0 Å². The van der Waals surface area contributed by atoms with Crippen LogP contribution in [-0.4, -0.2) is 17.0 Å². The molecule has 0 unspecified atom stereocenters. The molecule has 21 heavy (non-hydrogen) atoms. The van der Waals surface area contributed by atoms with E-state index in [1.807, 2.05) is 48.5 Å². The van der Waals surface area contributed by atoms with Crippen molar-refractivity contribution in [1.82, 2.24) is 0 Å². The maximum atomic E-state index is 5.65. The predicted molar refractivity (Wildman–Crippen MR) is 85.4 cm³/mol. The van der Waals surface area contributed by atoms with Gasteiger partial charge in [-0.1, -0.05) is 41.5 Å². The summed E-state index contributed by atoms with van der Waals surface area (Å²) in [5, 5.41) is 0. The number of rotatable bonds is 9. The number of hydrogen-bond acceptors (Lipinski definition) is 4. The second-order valence-corrected chi connectivity index (χ2v) is 8.02. The topological polar surface area (TPSA) is 36.9 Å². The van der Waals surface area contributed by atoms with E-state index < -0.39 is 17.0 Å². The molecule has 0 aliphatic rings. The fourth-order valence-corrected chi connectivity index (χ4v) is 0.779. The summed E-state index contributed by atoms with van der Waals surface area (Å²) in [6.45, 7) is 22.2. The van der Waals surface area contributed by atoms with Crippen molar-refractivity contribution < 1.29 is 19.6 Å². The normalized spacial score (nSPS) is 14.6. The van der Waals surface area contributed by atoms with Crippen LogP contribution in [0.1, 0.15) is 76.2 Å². The second-order valence-electron chi connectivity index (χ2n) is 8.02. The highest BCUT2D eigenvalue weighted by atomic mass is 17.3. The fraction of sp³-hybridized carbons (Fsp3) is 1.00. The standard InChI is InChI=1S/C17H36O4/c1-12(2)15(7,8)18-20-17(11,14(5)6)21-19-16(9,10)13(3)4/h12-14H,1-11H3. The van der Waals surface area contributed by atoms with E-state index in [2.05, 4.69) is 27.7 Å². The minimum atomic E-state index is -0.960. The first-order chi connectivity index (χ1) is 9.24. The van der Waals surface area contributed by atoms with Gasteiger partial charge in [0.1, 0.15) is 11.2 Å². The molecule has 0 rings (SSSR count). The van der Waals surface area contributed by atoms with Gasteiger partial charge in [0.2, 0.25) is 5.79 Å². The lowest BCUT2D eigenvalue weighted by Crippen LogP contribution is -2.45. The highest BCUT2D eigenvalue weighted by molar-refractivity contribution is 4.73. The summed E-state index contributed by atoms with van der Waals surface area (Å²) in [5.74, 6) is -0.245. The molecule has 0 fully saturated rings. The van der Waals surface area contributed by atoms with Crippen LogP contribution in [0, 0.1) is 17.8 Å². The van der Waals surface area contributed by atoms with Gasteiger partial charge >= 0.3 is 0 Å². The lowest BCUT2D eigenvalue weighted by molar-refractivity contribution is -0.551. The minimum Gasteiger partial charge on any atom is -0.227 e. The van der Waals surface area contributed by atoms with E-state index >= 15 is 0 Å². The maximum absolute atomic E-state index is 5.65. The van der Waals surface area contributed by atoms with Gasteiger partial charge in [0.15, 0.2) is 0 Å². The molecule has 0 saturated carbocycles. The lowest BCUT2D eigenvalue weighted by atomic mass is 9.95. The van der Waals surface area contributed by atoms with Crippen molar-refractivity contribution in [2.45, 2.75) is 93.2 Å². The Bertz CT molecular complexity index is 282. The van der Waals surface area contributed by atoms with Crippen LogP contribution >= 0.6 is 0 Å². The minimum absolute atomic E-state index is 0.0726. The lowest BCUT2D eigenvalue weighted by Gasteiger charge is -2.38. The van der Waals surface area contributed by atoms with Gasteiger partial charge in [-0.3, -0.25) is 0 Å². The highest BCUT2D eigenvalue weighted by Crippen LogP contribution is 2.31. The molecule has 4 nitrogen and oxygen atoms in total. The molecule has 128 valence electrons. The van der Waals surface area contributed by atoms with Crippen LogP contribution in [0.3, 0.4) is 0 Å². The second kappa shape index (κ2) is 7.40. The molecule has 0 amide bonds. The molecule has 0 spiro atoms. The van der Waals surface area contributed by atoms with E-state index in [1.54, 1.807) is 0 Å². The maximum Gasteiger partial charge on any atom is 0.233 e. The third-order valence-corrected chi connectivity index (χ3v) is 4.67. The molecule has 0 aliphatic heterocycles. The zero-order chi connectivity index (χ0) is 17.1. The molecule has 0 aromatic rings. The zero-order valence-electron chi connectivity index (χ0n) is 15.9. The van der Waals surface area contributed by atoms with Gasteiger partial charge in [0.25, 0.3) is 0 Å². The Kier molecular flexibility index (Phi) is 7.35. The van der Waals surface area contributed by atoms with E-state index in [-0.39, 0.29) is 5.92 Å². The Morgan fingerprint density at radius 1 is 0.476 bits per heavy atom. The molecule has 4 heteroatoms. The van der Waals surface area contributed by atoms with Gasteiger partial charge in [0.05, 0.1) is 0 Å². The van der Waals surface area contributed by atoms with E-state index in [0.717, 1.165) is 0 Å².